The number of nitrogen functional groups attached to an aromatic ring is 1. The molecular formula is C20H28N6OS. The van der Waals surface area contributed by atoms with E-state index < -0.39 is 0 Å². The normalized spacial score (nSPS) is 21.9. The Morgan fingerprint density at radius 3 is 2.75 bits per heavy atom. The number of hydrogen-bond donors (Lipinski definition) is 3. The van der Waals surface area contributed by atoms with Crippen molar-refractivity contribution in [2.24, 2.45) is 11.8 Å². The van der Waals surface area contributed by atoms with Crippen LogP contribution in [-0.2, 0) is 10.5 Å². The van der Waals surface area contributed by atoms with E-state index in [9.17, 15) is 4.79 Å². The number of rotatable bonds is 7. The minimum atomic E-state index is 0.0700. The van der Waals surface area contributed by atoms with E-state index in [1.54, 1.807) is 0 Å². The molecule has 1 aliphatic carbocycles. The summed E-state index contributed by atoms with van der Waals surface area (Å²) in [6.07, 6.45) is 3.51. The maximum absolute atomic E-state index is 12.3. The number of hydrogen-bond acceptors (Lipinski definition) is 7. The maximum atomic E-state index is 12.3. The summed E-state index contributed by atoms with van der Waals surface area (Å²) in [6, 6.07) is 9.92. The van der Waals surface area contributed by atoms with Gasteiger partial charge in [-0.3, -0.25) is 4.79 Å². The van der Waals surface area contributed by atoms with Crippen LogP contribution in [0.15, 0.2) is 30.3 Å². The standard InChI is InChI=1S/C20H28N6OS/c1-13-7-6-10-16(14(13)2)23-18(27)12-28-11-17-24-19(21)26-20(25-17)22-15-8-4-3-5-9-15/h3-5,8-9,13-14,16H,6-7,10-12H2,1-2H3,(H,23,27)(H3,21,22,24,25,26)/t13-,14-,16-/m1/s1. The molecule has 4 N–H and O–H groups in total. The highest BCUT2D eigenvalue weighted by Gasteiger charge is 2.27. The fraction of sp³-hybridized carbons (Fsp3) is 0.500. The molecule has 1 aromatic carbocycles. The zero-order chi connectivity index (χ0) is 19.9. The van der Waals surface area contributed by atoms with Gasteiger partial charge in [0, 0.05) is 11.7 Å². The highest BCUT2D eigenvalue weighted by molar-refractivity contribution is 7.99. The minimum Gasteiger partial charge on any atom is -0.368 e. The van der Waals surface area contributed by atoms with Crippen LogP contribution in [0.4, 0.5) is 17.6 Å². The van der Waals surface area contributed by atoms with Gasteiger partial charge in [-0.1, -0.05) is 44.9 Å². The summed E-state index contributed by atoms with van der Waals surface area (Å²) in [7, 11) is 0. The minimum absolute atomic E-state index is 0.0700. The second kappa shape index (κ2) is 9.73. The summed E-state index contributed by atoms with van der Waals surface area (Å²) in [5, 5.41) is 6.31. The van der Waals surface area contributed by atoms with Crippen molar-refractivity contribution >= 4 is 35.3 Å². The molecule has 1 fully saturated rings. The van der Waals surface area contributed by atoms with Crippen molar-refractivity contribution in [2.45, 2.75) is 44.9 Å². The van der Waals surface area contributed by atoms with Crippen LogP contribution in [0.5, 0.6) is 0 Å². The first kappa shape index (κ1) is 20.4. The van der Waals surface area contributed by atoms with E-state index in [1.165, 1.54) is 24.6 Å². The lowest BCUT2D eigenvalue weighted by Crippen LogP contribution is -2.44. The summed E-state index contributed by atoms with van der Waals surface area (Å²) in [6.45, 7) is 4.50. The Balaban J connectivity index is 1.49. The molecule has 1 amide bonds. The second-order valence-electron chi connectivity index (χ2n) is 7.36. The molecular weight excluding hydrogens is 372 g/mol. The van der Waals surface area contributed by atoms with Gasteiger partial charge in [-0.25, -0.2) is 0 Å². The molecule has 0 bridgehead atoms. The number of amides is 1. The van der Waals surface area contributed by atoms with E-state index in [1.807, 2.05) is 30.3 Å². The third kappa shape index (κ3) is 5.82. The molecule has 28 heavy (non-hydrogen) atoms. The Kier molecular flexibility index (Phi) is 7.08. The Hall–Kier alpha value is -2.35. The van der Waals surface area contributed by atoms with Crippen LogP contribution in [0.2, 0.25) is 0 Å². The van der Waals surface area contributed by atoms with E-state index in [4.69, 9.17) is 5.73 Å². The van der Waals surface area contributed by atoms with Gasteiger partial charge in [0.05, 0.1) is 11.5 Å². The molecule has 2 aromatic rings. The molecule has 7 nitrogen and oxygen atoms in total. The molecule has 0 radical (unpaired) electrons. The van der Waals surface area contributed by atoms with Crippen molar-refractivity contribution < 1.29 is 4.79 Å². The number of carbonyl (C=O) groups is 1. The van der Waals surface area contributed by atoms with Gasteiger partial charge in [-0.2, -0.15) is 15.0 Å². The maximum Gasteiger partial charge on any atom is 0.232 e. The molecule has 1 aromatic heterocycles. The number of nitrogens with one attached hydrogen (secondary N) is 2. The Morgan fingerprint density at radius 2 is 1.96 bits per heavy atom. The molecule has 0 aliphatic heterocycles. The first-order chi connectivity index (χ1) is 13.5. The number of thioether (sulfide) groups is 1. The number of benzene rings is 1. The smallest absolute Gasteiger partial charge is 0.232 e. The SMILES string of the molecule is C[C@@H]1[C@H](C)CCC[C@H]1NC(=O)CSCc1nc(N)nc(Nc2ccccc2)n1. The number of nitrogens with zero attached hydrogens (tertiary/aromatic N) is 3. The van der Waals surface area contributed by atoms with Crippen LogP contribution in [0.1, 0.15) is 38.9 Å². The third-order valence-electron chi connectivity index (χ3n) is 5.25. The van der Waals surface area contributed by atoms with Gasteiger partial charge in [0.15, 0.2) is 0 Å². The lowest BCUT2D eigenvalue weighted by atomic mass is 9.78. The van der Waals surface area contributed by atoms with Gasteiger partial charge in [0.25, 0.3) is 0 Å². The van der Waals surface area contributed by atoms with Crippen molar-refractivity contribution in [1.29, 1.82) is 0 Å². The van der Waals surface area contributed by atoms with Crippen LogP contribution in [0.25, 0.3) is 0 Å². The zero-order valence-corrected chi connectivity index (χ0v) is 17.2. The van der Waals surface area contributed by atoms with Crippen molar-refractivity contribution in [1.82, 2.24) is 20.3 Å². The van der Waals surface area contributed by atoms with Crippen molar-refractivity contribution in [3.8, 4) is 0 Å². The number of aromatic nitrogens is 3. The fourth-order valence-electron chi connectivity index (χ4n) is 3.48. The number of nitrogens with two attached hydrogens (primary N) is 1. The van der Waals surface area contributed by atoms with Crippen LogP contribution >= 0.6 is 11.8 Å². The van der Waals surface area contributed by atoms with Crippen molar-refractivity contribution in [3.63, 3.8) is 0 Å². The van der Waals surface area contributed by atoms with E-state index in [2.05, 4.69) is 39.4 Å². The van der Waals surface area contributed by atoms with Crippen LogP contribution in [0.3, 0.4) is 0 Å². The summed E-state index contributed by atoms with van der Waals surface area (Å²) < 4.78 is 0. The Morgan fingerprint density at radius 1 is 1.18 bits per heavy atom. The summed E-state index contributed by atoms with van der Waals surface area (Å²) >= 11 is 1.48. The summed E-state index contributed by atoms with van der Waals surface area (Å²) in [4.78, 5) is 25.0. The van der Waals surface area contributed by atoms with Gasteiger partial charge in [0.2, 0.25) is 17.8 Å². The quantitative estimate of drug-likeness (QED) is 0.654. The highest BCUT2D eigenvalue weighted by atomic mass is 32.2. The molecule has 8 heteroatoms. The lowest BCUT2D eigenvalue weighted by molar-refractivity contribution is -0.119. The summed E-state index contributed by atoms with van der Waals surface area (Å²) in [5.41, 5.74) is 6.68. The molecule has 150 valence electrons. The molecule has 3 atom stereocenters. The number of carbonyl (C=O) groups excluding carboxylic acids is 1. The van der Waals surface area contributed by atoms with Gasteiger partial charge >= 0.3 is 0 Å². The molecule has 0 saturated heterocycles. The monoisotopic (exact) mass is 400 g/mol. The Labute approximate surface area is 170 Å². The van der Waals surface area contributed by atoms with Crippen LogP contribution in [-0.4, -0.2) is 32.7 Å². The number of para-hydroxylation sites is 1. The molecule has 3 rings (SSSR count). The average Bonchev–Trinajstić information content (AvgIpc) is 2.66. The van der Waals surface area contributed by atoms with Crippen molar-refractivity contribution in [2.75, 3.05) is 16.8 Å². The van der Waals surface area contributed by atoms with Crippen molar-refractivity contribution in [3.05, 3.63) is 36.2 Å². The number of anilines is 3. The highest BCUT2D eigenvalue weighted by Crippen LogP contribution is 2.29. The average molecular weight is 401 g/mol. The van der Waals surface area contributed by atoms with Crippen LogP contribution in [0, 0.1) is 11.8 Å². The molecule has 0 unspecified atom stereocenters. The molecule has 0 spiro atoms. The first-order valence-corrected chi connectivity index (χ1v) is 10.9. The third-order valence-corrected chi connectivity index (χ3v) is 6.18. The van der Waals surface area contributed by atoms with Gasteiger partial charge in [-0.05, 0) is 30.4 Å². The van der Waals surface area contributed by atoms with E-state index >= 15 is 0 Å². The molecule has 1 saturated carbocycles. The topological polar surface area (TPSA) is 106 Å². The lowest BCUT2D eigenvalue weighted by Gasteiger charge is -2.34. The first-order valence-electron chi connectivity index (χ1n) is 9.71. The Bertz CT molecular complexity index is 788. The van der Waals surface area contributed by atoms with E-state index in [-0.39, 0.29) is 17.9 Å². The molecule has 1 aliphatic rings. The zero-order valence-electron chi connectivity index (χ0n) is 16.4. The van der Waals surface area contributed by atoms with Gasteiger partial charge in [-0.15, -0.1) is 11.8 Å². The van der Waals surface area contributed by atoms with Gasteiger partial charge in [0.1, 0.15) is 5.82 Å². The predicted octanol–water partition coefficient (Wildman–Crippen LogP) is 3.37. The summed E-state index contributed by atoms with van der Waals surface area (Å²) in [5.74, 6) is 3.27. The fourth-order valence-corrected chi connectivity index (χ4v) is 4.16. The largest absolute Gasteiger partial charge is 0.368 e. The van der Waals surface area contributed by atoms with Gasteiger partial charge < -0.3 is 16.4 Å². The van der Waals surface area contributed by atoms with Crippen LogP contribution < -0.4 is 16.4 Å². The second-order valence-corrected chi connectivity index (χ2v) is 8.34. The van der Waals surface area contributed by atoms with E-state index in [0.717, 1.165) is 12.1 Å². The van der Waals surface area contributed by atoms with E-state index in [0.29, 0.717) is 35.1 Å². The predicted molar refractivity (Wildman–Crippen MR) is 114 cm³/mol. The molecule has 1 heterocycles.